The highest BCUT2D eigenvalue weighted by molar-refractivity contribution is 5.96. The van der Waals surface area contributed by atoms with Gasteiger partial charge in [0.25, 0.3) is 0 Å². The molecule has 0 bridgehead atoms. The van der Waals surface area contributed by atoms with E-state index in [1.807, 2.05) is 0 Å². The minimum Gasteiger partial charge on any atom is -0.462 e. The number of aliphatic hydroxyl groups is 13. The fourth-order valence-corrected chi connectivity index (χ4v) is 11.2. The average Bonchev–Trinajstić information content (AvgIpc) is 1.77. The first-order chi connectivity index (χ1) is 44.2. The highest BCUT2D eigenvalue weighted by Gasteiger charge is 2.55. The lowest BCUT2D eigenvalue weighted by Crippen LogP contribution is -2.69. The Kier molecular flexibility index (Phi) is 26.0. The molecule has 0 aliphatic carbocycles. The molecule has 24 N–H and O–H groups in total. The van der Waals surface area contributed by atoms with Crippen molar-refractivity contribution >= 4 is 47.8 Å². The van der Waals surface area contributed by atoms with Crippen molar-refractivity contribution in [2.75, 3.05) is 39.5 Å². The van der Waals surface area contributed by atoms with Crippen molar-refractivity contribution in [3.63, 3.8) is 0 Å². The molecular weight excluding hydrogens is 1240 g/mol. The second-order valence-corrected chi connectivity index (χ2v) is 23.6. The van der Waals surface area contributed by atoms with Crippen molar-refractivity contribution in [1.29, 1.82) is 10.8 Å². The van der Waals surface area contributed by atoms with Crippen LogP contribution in [-0.4, -0.2) is 305 Å². The Morgan fingerprint density at radius 2 is 1.27 bits per heavy atom. The molecule has 0 aromatic heterocycles. The maximum atomic E-state index is 14.9. The van der Waals surface area contributed by atoms with Crippen LogP contribution in [0.15, 0.2) is 54.6 Å². The Morgan fingerprint density at radius 3 is 1.87 bits per heavy atom. The molecule has 20 unspecified atom stereocenters. The normalized spacial score (nSPS) is 32.2. The molecule has 36 nitrogen and oxygen atoms in total. The molecule has 5 saturated heterocycles. The van der Waals surface area contributed by atoms with Gasteiger partial charge in [0.15, 0.2) is 30.5 Å². The number of rotatable bonds is 29. The van der Waals surface area contributed by atoms with Crippen LogP contribution >= 0.6 is 0 Å². The minimum atomic E-state index is -2.30. The van der Waals surface area contributed by atoms with Crippen LogP contribution in [0.3, 0.4) is 0 Å². The highest BCUT2D eigenvalue weighted by Crippen LogP contribution is 2.33. The first-order valence-electron chi connectivity index (χ1n) is 29.9. The van der Waals surface area contributed by atoms with Gasteiger partial charge in [0, 0.05) is 31.8 Å². The fourth-order valence-electron chi connectivity index (χ4n) is 11.2. The molecule has 25 atom stereocenters. The molecule has 4 amide bonds. The van der Waals surface area contributed by atoms with Gasteiger partial charge in [0.05, 0.1) is 44.6 Å². The molecule has 93 heavy (non-hydrogen) atoms. The van der Waals surface area contributed by atoms with Gasteiger partial charge in [-0.3, -0.25) is 39.6 Å². The predicted octanol–water partition coefficient (Wildman–Crippen LogP) is -10.8. The van der Waals surface area contributed by atoms with E-state index < -0.39 is 227 Å². The van der Waals surface area contributed by atoms with Crippen molar-refractivity contribution < 1.29 is 124 Å². The van der Waals surface area contributed by atoms with Crippen LogP contribution in [0.25, 0.3) is 0 Å². The van der Waals surface area contributed by atoms with E-state index in [1.165, 1.54) is 30.6 Å². The van der Waals surface area contributed by atoms with Gasteiger partial charge in [-0.1, -0.05) is 63.2 Å². The van der Waals surface area contributed by atoms with Crippen molar-refractivity contribution in [3.05, 3.63) is 65.7 Å². The second-order valence-electron chi connectivity index (χ2n) is 23.6. The van der Waals surface area contributed by atoms with Gasteiger partial charge in [0.2, 0.25) is 36.2 Å². The number of amides is 4. The number of nitrogens with two attached hydrogens (primary N) is 1. The molecule has 0 spiro atoms. The number of carbonyl (C=O) groups is 5. The highest BCUT2D eigenvalue weighted by atomic mass is 16.7. The summed E-state index contributed by atoms with van der Waals surface area (Å²) in [5.41, 5.74) is 7.38. The van der Waals surface area contributed by atoms with Crippen LogP contribution in [0.2, 0.25) is 0 Å². The van der Waals surface area contributed by atoms with E-state index >= 15 is 0 Å². The number of guanidine groups is 2. The lowest BCUT2D eigenvalue weighted by atomic mass is 9.93. The zero-order valence-electron chi connectivity index (χ0n) is 50.6. The maximum Gasteiger partial charge on any atom is 0.306 e. The smallest absolute Gasteiger partial charge is 0.306 e. The van der Waals surface area contributed by atoms with E-state index in [1.54, 1.807) is 51.1 Å². The molecule has 7 rings (SSSR count). The van der Waals surface area contributed by atoms with Crippen LogP contribution in [-0.2, 0) is 58.9 Å². The van der Waals surface area contributed by atoms with E-state index in [-0.39, 0.29) is 36.2 Å². The van der Waals surface area contributed by atoms with Crippen molar-refractivity contribution in [2.45, 2.75) is 186 Å². The molecule has 0 saturated carbocycles. The van der Waals surface area contributed by atoms with Gasteiger partial charge in [-0.25, -0.2) is 0 Å². The molecule has 517 valence electrons. The SMILES string of the molecule is CC(C)CC(=O)OC1C(OC2C(CO)OC(Oc3ccc(C[C@H](NC(=O)[C@@H](N)C(C)c4ccccc4)C(=O)N[C@H](C(=O)N[C@H](C(=O)N[C@H]([C]=O)CO)C(O)C4CNC(=N)N4C4OC(CO)C(O)C(O)C4O)C(O)C4CNC(=N)N4)cc3)C(O)C2O)OC(CO)C(O)C1O. The number of aliphatic hydroxyl groups excluding tert-OH is 13. The summed E-state index contributed by atoms with van der Waals surface area (Å²) >= 11 is 0. The van der Waals surface area contributed by atoms with Crippen LogP contribution in [0, 0.1) is 16.7 Å². The van der Waals surface area contributed by atoms with E-state index in [2.05, 4.69) is 37.2 Å². The monoisotopic (exact) mass is 1320 g/mol. The third kappa shape index (κ3) is 17.5. The lowest BCUT2D eigenvalue weighted by Gasteiger charge is -2.46. The van der Waals surface area contributed by atoms with Gasteiger partial charge < -0.3 is 143 Å². The van der Waals surface area contributed by atoms with E-state index in [4.69, 9.17) is 45.0 Å². The second kappa shape index (κ2) is 33.0. The number of esters is 1. The number of nitrogens with zero attached hydrogens (tertiary/aromatic N) is 1. The summed E-state index contributed by atoms with van der Waals surface area (Å²) in [5, 5.41) is 175. The average molecular weight is 1320 g/mol. The molecule has 2 aromatic carbocycles. The van der Waals surface area contributed by atoms with Crippen LogP contribution < -0.4 is 47.7 Å². The standard InChI is InChI=1S/C57H84N11O25/c1-22(2)13-34(74)92-48-43(80)41(78)32(20-72)90-55(48)93-47-33(21-73)91-54(46(83)44(47)81)88-27-11-9-24(10-12-27)14-28(64-50(85)35(58)23(3)25-7-5-4-6-8-25)49(84)66-36(38(75)29-15-61-56(59)65-29)52(87)67-37(51(86)63-26(17-69)18-70)39(76)30-16-62-57(60)68(30)53-45(82)42(79)40(77)31(19-71)89-53/h4-12,22-23,26,28-33,35-48,53-55,69,71-73,75-83H,13-17,19-21,58H2,1-3H3,(H2,60,62)(H,63,86)(H,64,85)(H,66,84)(H,67,87)(H3,59,61,65)/t23?,26-,28-,29?,30?,31?,32?,33?,35-,36-,37-,38?,39?,40?,41?,42?,43?,44?,45?,46?,47?,48?,53?,54?,55?/m0/s1. The topological polar surface area (TPSA) is 582 Å². The number of hydrogen-bond acceptors (Lipinski definition) is 28. The Morgan fingerprint density at radius 1 is 0.677 bits per heavy atom. The summed E-state index contributed by atoms with van der Waals surface area (Å²) in [4.78, 5) is 83.5. The first kappa shape index (κ1) is 73.5. The van der Waals surface area contributed by atoms with E-state index in [0.717, 1.165) is 4.90 Å². The van der Waals surface area contributed by atoms with E-state index in [9.17, 15) is 95.2 Å². The molecular formula is C57H84N11O25. The predicted molar refractivity (Wildman–Crippen MR) is 314 cm³/mol. The van der Waals surface area contributed by atoms with Gasteiger partial charge in [-0.2, -0.15) is 0 Å². The third-order valence-electron chi connectivity index (χ3n) is 16.5. The van der Waals surface area contributed by atoms with Gasteiger partial charge in [0.1, 0.15) is 109 Å². The summed E-state index contributed by atoms with van der Waals surface area (Å²) in [6.45, 7) is 0.704. The zero-order chi connectivity index (χ0) is 68.3. The molecule has 5 aliphatic rings. The quantitative estimate of drug-likeness (QED) is 0.0336. The lowest BCUT2D eigenvalue weighted by molar-refractivity contribution is -0.353. The molecule has 36 heteroatoms. The summed E-state index contributed by atoms with van der Waals surface area (Å²) in [5.74, 6) is -7.60. The van der Waals surface area contributed by atoms with E-state index in [0.29, 0.717) is 5.56 Å². The van der Waals surface area contributed by atoms with Gasteiger partial charge in [-0.15, -0.1) is 0 Å². The summed E-state index contributed by atoms with van der Waals surface area (Å²) < 4.78 is 34.3. The molecule has 5 fully saturated rings. The fraction of sp³-hybridized carbons (Fsp3) is 0.649. The minimum absolute atomic E-state index is 0.0628. The number of hydrogen-bond donors (Lipinski definition) is 23. The largest absolute Gasteiger partial charge is 0.462 e. The Balaban J connectivity index is 1.14. The van der Waals surface area contributed by atoms with Crippen molar-refractivity contribution in [3.8, 4) is 5.75 Å². The van der Waals surface area contributed by atoms with Crippen molar-refractivity contribution in [2.24, 2.45) is 11.7 Å². The molecule has 1 radical (unpaired) electrons. The van der Waals surface area contributed by atoms with Crippen LogP contribution in [0.5, 0.6) is 5.75 Å². The summed E-state index contributed by atoms with van der Waals surface area (Å²) in [6, 6.07) is 1.77. The number of nitrogens with one attached hydrogen (secondary N) is 9. The maximum absolute atomic E-state index is 14.9. The zero-order valence-corrected chi connectivity index (χ0v) is 50.6. The third-order valence-corrected chi connectivity index (χ3v) is 16.5. The number of carbonyl (C=O) groups excluding carboxylic acids is 6. The van der Waals surface area contributed by atoms with Gasteiger partial charge >= 0.3 is 5.97 Å². The molecule has 2 aromatic rings. The van der Waals surface area contributed by atoms with Crippen molar-refractivity contribution in [1.82, 2.24) is 42.1 Å². The van der Waals surface area contributed by atoms with Gasteiger partial charge in [-0.05, 0) is 29.2 Å². The Hall–Kier alpha value is -6.92. The number of ether oxygens (including phenoxy) is 6. The molecule has 5 aliphatic heterocycles. The number of benzene rings is 2. The summed E-state index contributed by atoms with van der Waals surface area (Å²) in [6.07, 6.45) is -30.3. The summed E-state index contributed by atoms with van der Waals surface area (Å²) in [7, 11) is 0. The Bertz CT molecular complexity index is 2860. The van der Waals surface area contributed by atoms with Crippen LogP contribution in [0.1, 0.15) is 44.2 Å². The first-order valence-corrected chi connectivity index (χ1v) is 29.9. The molecule has 5 heterocycles. The Labute approximate surface area is 531 Å². The van der Waals surface area contributed by atoms with Crippen LogP contribution in [0.4, 0.5) is 0 Å².